The Bertz CT molecular complexity index is 669. The maximum Gasteiger partial charge on any atom is 0.340 e. The Morgan fingerprint density at radius 3 is 2.57 bits per heavy atom. The zero-order chi connectivity index (χ0) is 15.4. The van der Waals surface area contributed by atoms with Gasteiger partial charge in [-0.25, -0.2) is 4.79 Å². The molecule has 2 aromatic carbocycles. The number of nitrogens with two attached hydrogens (primary N) is 1. The van der Waals surface area contributed by atoms with E-state index in [1.807, 2.05) is 25.1 Å². The SMILES string of the molecule is COC(=O)c1cccc(Nc2ccc(OC)c(C)c2)c1N. The van der Waals surface area contributed by atoms with Crippen LogP contribution in [0.5, 0.6) is 5.75 Å². The summed E-state index contributed by atoms with van der Waals surface area (Å²) in [5.41, 5.74) is 9.24. The van der Waals surface area contributed by atoms with Crippen molar-refractivity contribution in [1.82, 2.24) is 0 Å². The largest absolute Gasteiger partial charge is 0.496 e. The molecule has 0 unspecified atom stereocenters. The standard InChI is InChI=1S/C16H18N2O3/c1-10-9-11(7-8-14(10)20-2)18-13-6-4-5-12(15(13)17)16(19)21-3/h4-9,18H,17H2,1-3H3. The predicted octanol–water partition coefficient (Wildman–Crippen LogP) is 3.12. The minimum atomic E-state index is -0.456. The van der Waals surface area contributed by atoms with Crippen LogP contribution in [0.15, 0.2) is 36.4 Å². The average Bonchev–Trinajstić information content (AvgIpc) is 2.49. The second kappa shape index (κ2) is 6.17. The highest BCUT2D eigenvalue weighted by molar-refractivity contribution is 5.98. The van der Waals surface area contributed by atoms with Crippen molar-refractivity contribution < 1.29 is 14.3 Å². The Labute approximate surface area is 123 Å². The maximum atomic E-state index is 11.6. The lowest BCUT2D eigenvalue weighted by Crippen LogP contribution is -2.07. The third-order valence-corrected chi connectivity index (χ3v) is 3.19. The number of esters is 1. The van der Waals surface area contributed by atoms with E-state index in [0.29, 0.717) is 16.9 Å². The summed E-state index contributed by atoms with van der Waals surface area (Å²) in [6, 6.07) is 10.9. The number of para-hydroxylation sites is 1. The lowest BCUT2D eigenvalue weighted by Gasteiger charge is -2.13. The number of aryl methyl sites for hydroxylation is 1. The number of nitrogens with one attached hydrogen (secondary N) is 1. The van der Waals surface area contributed by atoms with Gasteiger partial charge in [0.15, 0.2) is 0 Å². The summed E-state index contributed by atoms with van der Waals surface area (Å²) in [6.45, 7) is 1.96. The van der Waals surface area contributed by atoms with Gasteiger partial charge in [-0.3, -0.25) is 0 Å². The molecule has 0 aliphatic carbocycles. The summed E-state index contributed by atoms with van der Waals surface area (Å²) in [6.07, 6.45) is 0. The van der Waals surface area contributed by atoms with E-state index in [-0.39, 0.29) is 0 Å². The summed E-state index contributed by atoms with van der Waals surface area (Å²) in [5, 5.41) is 3.20. The van der Waals surface area contributed by atoms with E-state index in [2.05, 4.69) is 5.32 Å². The van der Waals surface area contributed by atoms with Gasteiger partial charge in [-0.15, -0.1) is 0 Å². The number of hydrogen-bond donors (Lipinski definition) is 2. The number of carbonyl (C=O) groups excluding carboxylic acids is 1. The molecule has 0 heterocycles. The molecule has 2 rings (SSSR count). The molecular formula is C16H18N2O3. The molecule has 0 aliphatic heterocycles. The van der Waals surface area contributed by atoms with Crippen molar-refractivity contribution in [2.75, 3.05) is 25.3 Å². The van der Waals surface area contributed by atoms with Gasteiger partial charge in [0, 0.05) is 5.69 Å². The number of anilines is 3. The Morgan fingerprint density at radius 1 is 1.19 bits per heavy atom. The van der Waals surface area contributed by atoms with Crippen molar-refractivity contribution >= 4 is 23.0 Å². The summed E-state index contributed by atoms with van der Waals surface area (Å²) in [5.74, 6) is 0.360. The van der Waals surface area contributed by atoms with Gasteiger partial charge in [0.25, 0.3) is 0 Å². The summed E-state index contributed by atoms with van der Waals surface area (Å²) in [4.78, 5) is 11.6. The molecule has 0 saturated carbocycles. The average molecular weight is 286 g/mol. The fourth-order valence-corrected chi connectivity index (χ4v) is 2.07. The molecular weight excluding hydrogens is 268 g/mol. The monoisotopic (exact) mass is 286 g/mol. The van der Waals surface area contributed by atoms with Crippen LogP contribution in [0.4, 0.5) is 17.1 Å². The van der Waals surface area contributed by atoms with Crippen LogP contribution in [0.2, 0.25) is 0 Å². The van der Waals surface area contributed by atoms with Gasteiger partial charge in [0.1, 0.15) is 5.75 Å². The Kier molecular flexibility index (Phi) is 4.33. The Hall–Kier alpha value is -2.69. The first-order valence-electron chi connectivity index (χ1n) is 6.45. The van der Waals surface area contributed by atoms with Crippen LogP contribution in [-0.2, 0) is 4.74 Å². The van der Waals surface area contributed by atoms with Crippen molar-refractivity contribution in [3.05, 3.63) is 47.5 Å². The Balaban J connectivity index is 2.32. The number of hydrogen-bond acceptors (Lipinski definition) is 5. The van der Waals surface area contributed by atoms with Gasteiger partial charge in [0.2, 0.25) is 0 Å². The molecule has 0 bridgehead atoms. The van der Waals surface area contributed by atoms with Crippen LogP contribution < -0.4 is 15.8 Å². The fraction of sp³-hybridized carbons (Fsp3) is 0.188. The number of rotatable bonds is 4. The lowest BCUT2D eigenvalue weighted by molar-refractivity contribution is 0.0602. The predicted molar refractivity (Wildman–Crippen MR) is 83.2 cm³/mol. The Morgan fingerprint density at radius 2 is 1.95 bits per heavy atom. The van der Waals surface area contributed by atoms with Crippen molar-refractivity contribution in [3.63, 3.8) is 0 Å². The molecule has 0 amide bonds. The molecule has 0 saturated heterocycles. The minimum Gasteiger partial charge on any atom is -0.496 e. The van der Waals surface area contributed by atoms with E-state index >= 15 is 0 Å². The smallest absolute Gasteiger partial charge is 0.340 e. The summed E-state index contributed by atoms with van der Waals surface area (Å²) >= 11 is 0. The van der Waals surface area contributed by atoms with Gasteiger partial charge >= 0.3 is 5.97 Å². The van der Waals surface area contributed by atoms with E-state index in [9.17, 15) is 4.79 Å². The summed E-state index contributed by atoms with van der Waals surface area (Å²) in [7, 11) is 2.96. The van der Waals surface area contributed by atoms with Gasteiger partial charge < -0.3 is 20.5 Å². The first-order chi connectivity index (χ1) is 10.1. The minimum absolute atomic E-state index is 0.340. The number of carbonyl (C=O) groups is 1. The quantitative estimate of drug-likeness (QED) is 0.667. The molecule has 2 aromatic rings. The van der Waals surface area contributed by atoms with Crippen LogP contribution in [0.1, 0.15) is 15.9 Å². The maximum absolute atomic E-state index is 11.6. The molecule has 0 aliphatic rings. The molecule has 0 aromatic heterocycles. The van der Waals surface area contributed by atoms with E-state index < -0.39 is 5.97 Å². The number of methoxy groups -OCH3 is 2. The molecule has 5 heteroatoms. The van der Waals surface area contributed by atoms with Crippen LogP contribution in [-0.4, -0.2) is 20.2 Å². The van der Waals surface area contributed by atoms with E-state index in [1.165, 1.54) is 7.11 Å². The first kappa shape index (κ1) is 14.7. The number of ether oxygens (including phenoxy) is 2. The highest BCUT2D eigenvalue weighted by Gasteiger charge is 2.13. The molecule has 3 N–H and O–H groups in total. The van der Waals surface area contributed by atoms with Crippen LogP contribution in [0.25, 0.3) is 0 Å². The van der Waals surface area contributed by atoms with E-state index in [1.54, 1.807) is 25.3 Å². The second-order valence-electron chi connectivity index (χ2n) is 4.57. The van der Waals surface area contributed by atoms with Crippen LogP contribution in [0.3, 0.4) is 0 Å². The van der Waals surface area contributed by atoms with Crippen LogP contribution in [0, 0.1) is 6.92 Å². The van der Waals surface area contributed by atoms with Crippen molar-refractivity contribution in [1.29, 1.82) is 0 Å². The summed E-state index contributed by atoms with van der Waals surface area (Å²) < 4.78 is 9.93. The molecule has 0 spiro atoms. The number of nitrogen functional groups attached to an aromatic ring is 1. The normalized spacial score (nSPS) is 10.0. The van der Waals surface area contributed by atoms with Crippen molar-refractivity contribution in [2.45, 2.75) is 6.92 Å². The lowest BCUT2D eigenvalue weighted by atomic mass is 10.1. The van der Waals surface area contributed by atoms with Crippen molar-refractivity contribution in [3.8, 4) is 5.75 Å². The third-order valence-electron chi connectivity index (χ3n) is 3.19. The highest BCUT2D eigenvalue weighted by atomic mass is 16.5. The molecule has 110 valence electrons. The molecule has 0 atom stereocenters. The van der Waals surface area contributed by atoms with E-state index in [4.69, 9.17) is 15.2 Å². The highest BCUT2D eigenvalue weighted by Crippen LogP contribution is 2.29. The number of benzene rings is 2. The third kappa shape index (κ3) is 3.08. The molecule has 0 fully saturated rings. The molecule has 5 nitrogen and oxygen atoms in total. The fourth-order valence-electron chi connectivity index (χ4n) is 2.07. The molecule has 21 heavy (non-hydrogen) atoms. The van der Waals surface area contributed by atoms with Crippen LogP contribution >= 0.6 is 0 Å². The van der Waals surface area contributed by atoms with Gasteiger partial charge in [-0.1, -0.05) is 6.07 Å². The van der Waals surface area contributed by atoms with Gasteiger partial charge in [0.05, 0.1) is 31.2 Å². The zero-order valence-electron chi connectivity index (χ0n) is 12.3. The van der Waals surface area contributed by atoms with E-state index in [0.717, 1.165) is 17.0 Å². The zero-order valence-corrected chi connectivity index (χ0v) is 12.3. The van der Waals surface area contributed by atoms with Gasteiger partial charge in [-0.2, -0.15) is 0 Å². The van der Waals surface area contributed by atoms with Crippen molar-refractivity contribution in [2.24, 2.45) is 0 Å². The second-order valence-corrected chi connectivity index (χ2v) is 4.57. The topological polar surface area (TPSA) is 73.6 Å². The first-order valence-corrected chi connectivity index (χ1v) is 6.45. The molecule has 0 radical (unpaired) electrons. The van der Waals surface area contributed by atoms with Gasteiger partial charge in [-0.05, 0) is 42.8 Å².